The molecule has 1 unspecified atom stereocenters. The maximum atomic E-state index is 13.5. The second kappa shape index (κ2) is 8.21. The van der Waals surface area contributed by atoms with Gasteiger partial charge in [-0.2, -0.15) is 0 Å². The lowest BCUT2D eigenvalue weighted by molar-refractivity contribution is -0.885. The zero-order valence-corrected chi connectivity index (χ0v) is 14.1. The number of benzene rings is 2. The Balaban J connectivity index is 1.92. The van der Waals surface area contributed by atoms with E-state index in [1.807, 2.05) is 37.6 Å². The Hall–Kier alpha value is -1.99. The van der Waals surface area contributed by atoms with Crippen LogP contribution in [0, 0.1) is 17.5 Å². The molecule has 24 heavy (non-hydrogen) atoms. The normalized spacial score (nSPS) is 12.0. The summed E-state index contributed by atoms with van der Waals surface area (Å²) in [6.45, 7) is 0.686. The van der Waals surface area contributed by atoms with Crippen molar-refractivity contribution < 1.29 is 22.9 Å². The SMILES string of the molecule is CSc1ccc(C[NH+](C)CC(=O)Nc2ccc(F)c(F)c2F)cc1. The van der Waals surface area contributed by atoms with E-state index in [0.717, 1.165) is 27.5 Å². The molecule has 0 fully saturated rings. The molecule has 0 spiro atoms. The minimum absolute atomic E-state index is 0.0721. The monoisotopic (exact) mass is 355 g/mol. The third kappa shape index (κ3) is 4.75. The van der Waals surface area contributed by atoms with Crippen LogP contribution in [0.15, 0.2) is 41.3 Å². The van der Waals surface area contributed by atoms with E-state index in [-0.39, 0.29) is 12.2 Å². The number of carbonyl (C=O) groups excluding carboxylic acids is 1. The van der Waals surface area contributed by atoms with Crippen molar-refractivity contribution in [2.75, 3.05) is 25.2 Å². The third-order valence-electron chi connectivity index (χ3n) is 3.44. The van der Waals surface area contributed by atoms with Gasteiger partial charge in [0.25, 0.3) is 5.91 Å². The highest BCUT2D eigenvalue weighted by Crippen LogP contribution is 2.19. The quantitative estimate of drug-likeness (QED) is 0.617. The summed E-state index contributed by atoms with van der Waals surface area (Å²) in [5.74, 6) is -4.75. The fraction of sp³-hybridized carbons (Fsp3) is 0.235. The molecule has 0 saturated carbocycles. The van der Waals surface area contributed by atoms with E-state index in [2.05, 4.69) is 5.32 Å². The largest absolute Gasteiger partial charge is 0.326 e. The number of hydrogen-bond acceptors (Lipinski definition) is 2. The van der Waals surface area contributed by atoms with Gasteiger partial charge in [0.2, 0.25) is 0 Å². The second-order valence-electron chi connectivity index (χ2n) is 5.43. The number of quaternary nitrogens is 1. The van der Waals surface area contributed by atoms with Crippen LogP contribution in [0.3, 0.4) is 0 Å². The van der Waals surface area contributed by atoms with E-state index >= 15 is 0 Å². The molecule has 0 aliphatic rings. The first-order chi connectivity index (χ1) is 11.4. The van der Waals surface area contributed by atoms with Gasteiger partial charge < -0.3 is 10.2 Å². The van der Waals surface area contributed by atoms with Crippen molar-refractivity contribution in [1.82, 2.24) is 0 Å². The fourth-order valence-corrected chi connectivity index (χ4v) is 2.65. The van der Waals surface area contributed by atoms with Gasteiger partial charge in [-0.25, -0.2) is 13.2 Å². The molecule has 0 bridgehead atoms. The van der Waals surface area contributed by atoms with Crippen LogP contribution in [0.4, 0.5) is 18.9 Å². The number of carbonyl (C=O) groups is 1. The molecular formula is C17H18F3N2OS+. The molecule has 0 aliphatic carbocycles. The molecule has 0 saturated heterocycles. The van der Waals surface area contributed by atoms with Crippen molar-refractivity contribution in [2.24, 2.45) is 0 Å². The molecule has 1 amide bonds. The molecule has 7 heteroatoms. The number of thioether (sulfide) groups is 1. The summed E-state index contributed by atoms with van der Waals surface area (Å²) >= 11 is 1.65. The van der Waals surface area contributed by atoms with Gasteiger partial charge in [-0.1, -0.05) is 12.1 Å². The molecule has 0 heterocycles. The van der Waals surface area contributed by atoms with E-state index < -0.39 is 23.4 Å². The van der Waals surface area contributed by atoms with Crippen LogP contribution >= 0.6 is 11.8 Å². The van der Waals surface area contributed by atoms with Crippen LogP contribution in [-0.2, 0) is 11.3 Å². The lowest BCUT2D eigenvalue weighted by Gasteiger charge is -2.14. The van der Waals surface area contributed by atoms with Gasteiger partial charge in [0.05, 0.1) is 12.7 Å². The van der Waals surface area contributed by atoms with E-state index in [9.17, 15) is 18.0 Å². The third-order valence-corrected chi connectivity index (χ3v) is 4.18. The van der Waals surface area contributed by atoms with Gasteiger partial charge in [-0.3, -0.25) is 4.79 Å². The fourth-order valence-electron chi connectivity index (χ4n) is 2.25. The van der Waals surface area contributed by atoms with Crippen LogP contribution < -0.4 is 10.2 Å². The van der Waals surface area contributed by atoms with Gasteiger partial charge in [-0.15, -0.1) is 11.8 Å². The van der Waals surface area contributed by atoms with Crippen LogP contribution in [0.1, 0.15) is 5.56 Å². The van der Waals surface area contributed by atoms with Crippen molar-refractivity contribution in [3.8, 4) is 0 Å². The van der Waals surface area contributed by atoms with Crippen molar-refractivity contribution in [3.63, 3.8) is 0 Å². The van der Waals surface area contributed by atoms with Crippen LogP contribution in [0.2, 0.25) is 0 Å². The zero-order chi connectivity index (χ0) is 17.7. The van der Waals surface area contributed by atoms with Crippen molar-refractivity contribution in [3.05, 3.63) is 59.4 Å². The molecule has 2 N–H and O–H groups in total. The molecule has 128 valence electrons. The number of nitrogens with one attached hydrogen (secondary N) is 2. The summed E-state index contributed by atoms with van der Waals surface area (Å²) in [4.78, 5) is 14.0. The number of hydrogen-bond donors (Lipinski definition) is 2. The smallest absolute Gasteiger partial charge is 0.279 e. The molecule has 1 atom stereocenters. The minimum Gasteiger partial charge on any atom is -0.326 e. The molecule has 2 aromatic carbocycles. The molecule has 2 rings (SSSR count). The molecular weight excluding hydrogens is 337 g/mol. The van der Waals surface area contributed by atoms with E-state index in [1.54, 1.807) is 11.8 Å². The average Bonchev–Trinajstić information content (AvgIpc) is 2.56. The lowest BCUT2D eigenvalue weighted by Crippen LogP contribution is -3.08. The summed E-state index contributed by atoms with van der Waals surface area (Å²) in [5.41, 5.74) is 0.702. The molecule has 3 nitrogen and oxygen atoms in total. The molecule has 0 radical (unpaired) electrons. The maximum absolute atomic E-state index is 13.5. The molecule has 2 aromatic rings. The standard InChI is InChI=1S/C17H17F3N2OS/c1-22(9-11-3-5-12(24-2)6-4-11)10-15(23)21-14-8-7-13(18)16(19)17(14)20/h3-8H,9-10H2,1-2H3,(H,21,23)/p+1. The van der Waals surface area contributed by atoms with Crippen molar-refractivity contribution >= 4 is 23.4 Å². The highest BCUT2D eigenvalue weighted by Gasteiger charge is 2.17. The van der Waals surface area contributed by atoms with Gasteiger partial charge in [0, 0.05) is 10.5 Å². The van der Waals surface area contributed by atoms with Gasteiger partial charge in [0.1, 0.15) is 6.54 Å². The van der Waals surface area contributed by atoms with Crippen molar-refractivity contribution in [1.29, 1.82) is 0 Å². The number of halogens is 3. The number of anilines is 1. The first kappa shape index (κ1) is 18.4. The predicted octanol–water partition coefficient (Wildman–Crippen LogP) is 2.48. The molecule has 0 aliphatic heterocycles. The first-order valence-electron chi connectivity index (χ1n) is 7.28. The Kier molecular flexibility index (Phi) is 6.28. The summed E-state index contributed by atoms with van der Waals surface area (Å²) in [6.07, 6.45) is 1.99. The summed E-state index contributed by atoms with van der Waals surface area (Å²) in [6, 6.07) is 9.76. The summed E-state index contributed by atoms with van der Waals surface area (Å²) in [7, 11) is 1.82. The van der Waals surface area contributed by atoms with Crippen LogP contribution in [0.5, 0.6) is 0 Å². The zero-order valence-electron chi connectivity index (χ0n) is 13.3. The topological polar surface area (TPSA) is 33.5 Å². The Morgan fingerprint density at radius 3 is 2.38 bits per heavy atom. The Labute approximate surface area is 142 Å². The Morgan fingerprint density at radius 2 is 1.75 bits per heavy atom. The van der Waals surface area contributed by atoms with Gasteiger partial charge >= 0.3 is 0 Å². The average molecular weight is 355 g/mol. The minimum atomic E-state index is -1.60. The van der Waals surface area contributed by atoms with Crippen molar-refractivity contribution in [2.45, 2.75) is 11.4 Å². The highest BCUT2D eigenvalue weighted by atomic mass is 32.2. The van der Waals surface area contributed by atoms with Gasteiger partial charge in [0.15, 0.2) is 24.0 Å². The first-order valence-corrected chi connectivity index (χ1v) is 8.50. The van der Waals surface area contributed by atoms with Crippen LogP contribution in [0.25, 0.3) is 0 Å². The number of amides is 1. The Bertz CT molecular complexity index is 723. The van der Waals surface area contributed by atoms with E-state index in [1.165, 1.54) is 0 Å². The predicted molar refractivity (Wildman–Crippen MR) is 88.6 cm³/mol. The van der Waals surface area contributed by atoms with E-state index in [0.29, 0.717) is 6.54 Å². The lowest BCUT2D eigenvalue weighted by atomic mass is 10.2. The summed E-state index contributed by atoms with van der Waals surface area (Å²) in [5, 5.41) is 2.27. The number of rotatable bonds is 6. The second-order valence-corrected chi connectivity index (χ2v) is 6.31. The number of likely N-dealkylation sites (N-methyl/N-ethyl adjacent to an activating group) is 1. The highest BCUT2D eigenvalue weighted by molar-refractivity contribution is 7.98. The Morgan fingerprint density at radius 1 is 1.08 bits per heavy atom. The van der Waals surface area contributed by atoms with Gasteiger partial charge in [-0.05, 0) is 30.5 Å². The van der Waals surface area contributed by atoms with E-state index in [4.69, 9.17) is 0 Å². The van der Waals surface area contributed by atoms with Crippen LogP contribution in [-0.4, -0.2) is 25.8 Å². The maximum Gasteiger partial charge on any atom is 0.279 e. The summed E-state index contributed by atoms with van der Waals surface area (Å²) < 4.78 is 39.6. The molecule has 0 aromatic heterocycles.